The van der Waals surface area contributed by atoms with E-state index in [1.165, 1.54) is 0 Å². The van der Waals surface area contributed by atoms with Crippen molar-refractivity contribution in [2.75, 3.05) is 6.54 Å². The van der Waals surface area contributed by atoms with Gasteiger partial charge in [0.2, 0.25) is 5.92 Å². The Morgan fingerprint density at radius 2 is 1.57 bits per heavy atom. The second-order valence-electron chi connectivity index (χ2n) is 10.1. The number of pyridine rings is 1. The van der Waals surface area contributed by atoms with Crippen LogP contribution in [0.3, 0.4) is 0 Å². The SMILES string of the molecule is O=C(CN(C(=O)c1cnn([C@H]2CC[C@H](C(=O)O)CC2)c1C(F)(F)F)C1CCC(F)(F)CC1)c1c(Cl)cncc1Cl. The minimum Gasteiger partial charge on any atom is -0.481 e. The molecule has 2 aromatic rings. The smallest absolute Gasteiger partial charge is 0.433 e. The Labute approximate surface area is 235 Å². The van der Waals surface area contributed by atoms with Gasteiger partial charge in [-0.2, -0.15) is 18.3 Å². The van der Waals surface area contributed by atoms with Crippen molar-refractivity contribution in [3.05, 3.63) is 45.5 Å². The number of ketones is 1. The van der Waals surface area contributed by atoms with Gasteiger partial charge in [0.1, 0.15) is 0 Å². The predicted molar refractivity (Wildman–Crippen MR) is 133 cm³/mol. The second-order valence-corrected chi connectivity index (χ2v) is 10.9. The first-order valence-corrected chi connectivity index (χ1v) is 13.3. The number of hydrogen-bond acceptors (Lipinski definition) is 5. The van der Waals surface area contributed by atoms with Crippen LogP contribution in [0.5, 0.6) is 0 Å². The van der Waals surface area contributed by atoms with Gasteiger partial charge >= 0.3 is 12.1 Å². The average molecular weight is 611 g/mol. The molecule has 0 unspecified atom stereocenters. The Morgan fingerprint density at radius 3 is 2.10 bits per heavy atom. The minimum absolute atomic E-state index is 0.105. The number of hydrogen-bond donors (Lipinski definition) is 1. The summed E-state index contributed by atoms with van der Waals surface area (Å²) < 4.78 is 71.6. The van der Waals surface area contributed by atoms with Crippen LogP contribution in [-0.2, 0) is 11.0 Å². The Bertz CT molecular complexity index is 1260. The van der Waals surface area contributed by atoms with Crippen molar-refractivity contribution in [2.24, 2.45) is 5.92 Å². The molecule has 0 spiro atoms. The van der Waals surface area contributed by atoms with Crippen molar-refractivity contribution in [3.63, 3.8) is 0 Å². The number of Topliss-reactive ketones (excluding diaryl/α,β-unsaturated/α-hetero) is 1. The van der Waals surface area contributed by atoms with E-state index in [9.17, 15) is 41.4 Å². The summed E-state index contributed by atoms with van der Waals surface area (Å²) in [6, 6.07) is -1.75. The minimum atomic E-state index is -5.03. The van der Waals surface area contributed by atoms with Gasteiger partial charge in [-0.15, -0.1) is 0 Å². The molecule has 15 heteroatoms. The molecule has 4 rings (SSSR count). The van der Waals surface area contributed by atoms with Crippen molar-refractivity contribution in [2.45, 2.75) is 75.5 Å². The molecule has 40 heavy (non-hydrogen) atoms. The molecule has 0 aromatic carbocycles. The van der Waals surface area contributed by atoms with E-state index >= 15 is 0 Å². The second kappa shape index (κ2) is 11.6. The molecule has 0 radical (unpaired) electrons. The number of halogens is 7. The molecule has 8 nitrogen and oxygen atoms in total. The third-order valence-electron chi connectivity index (χ3n) is 7.52. The zero-order valence-corrected chi connectivity index (χ0v) is 22.4. The van der Waals surface area contributed by atoms with Crippen molar-refractivity contribution in [3.8, 4) is 0 Å². The summed E-state index contributed by atoms with van der Waals surface area (Å²) in [5.41, 5.74) is -2.36. The maximum absolute atomic E-state index is 14.4. The predicted octanol–water partition coefficient (Wildman–Crippen LogP) is 6.32. The fourth-order valence-corrected chi connectivity index (χ4v) is 5.99. The molecule has 2 aliphatic rings. The normalized spacial score (nSPS) is 21.7. The molecule has 2 aliphatic carbocycles. The molecule has 218 valence electrons. The van der Waals surface area contributed by atoms with Gasteiger partial charge in [-0.1, -0.05) is 23.2 Å². The first-order valence-electron chi connectivity index (χ1n) is 12.6. The first kappa shape index (κ1) is 30.2. The quantitative estimate of drug-likeness (QED) is 0.290. The zero-order chi connectivity index (χ0) is 29.4. The number of rotatable bonds is 7. The molecule has 2 fully saturated rings. The van der Waals surface area contributed by atoms with Gasteiger partial charge in [0.15, 0.2) is 11.5 Å². The highest BCUT2D eigenvalue weighted by atomic mass is 35.5. The van der Waals surface area contributed by atoms with Crippen LogP contribution in [0.1, 0.15) is 83.8 Å². The molecule has 0 atom stereocenters. The van der Waals surface area contributed by atoms with Crippen molar-refractivity contribution in [1.29, 1.82) is 0 Å². The van der Waals surface area contributed by atoms with Crippen LogP contribution in [0.25, 0.3) is 0 Å². The first-order chi connectivity index (χ1) is 18.7. The summed E-state index contributed by atoms with van der Waals surface area (Å²) in [7, 11) is 0. The van der Waals surface area contributed by atoms with Gasteiger partial charge < -0.3 is 10.0 Å². The van der Waals surface area contributed by atoms with E-state index in [0.717, 1.165) is 23.5 Å². The van der Waals surface area contributed by atoms with E-state index in [1.54, 1.807) is 0 Å². The summed E-state index contributed by atoms with van der Waals surface area (Å²) >= 11 is 12.1. The standard InChI is InChI=1S/C25H25Cl2F5N4O4/c26-17-10-33-11-18(27)20(17)19(37)12-35(14-5-7-24(28,29)8-6-14)22(38)16-9-34-36(21(16)25(30,31)32)15-3-1-13(2-4-15)23(39)40/h9-11,13-15H,1-8,12H2,(H,39,40)/t13-,15-. The lowest BCUT2D eigenvalue weighted by molar-refractivity contribution is -0.147. The molecule has 2 aromatic heterocycles. The van der Waals surface area contributed by atoms with E-state index in [0.29, 0.717) is 4.68 Å². The number of carbonyl (C=O) groups excluding carboxylic acids is 2. The molecular formula is C25H25Cl2F5N4O4. The lowest BCUT2D eigenvalue weighted by Gasteiger charge is -2.36. The molecule has 0 aliphatic heterocycles. The molecule has 1 N–H and O–H groups in total. The van der Waals surface area contributed by atoms with Crippen LogP contribution in [0.2, 0.25) is 10.0 Å². The summed E-state index contributed by atoms with van der Waals surface area (Å²) in [5.74, 6) is -6.69. The van der Waals surface area contributed by atoms with Crippen LogP contribution < -0.4 is 0 Å². The number of alkyl halides is 5. The van der Waals surface area contributed by atoms with Crippen molar-refractivity contribution < 1.29 is 41.4 Å². The Kier molecular flexibility index (Phi) is 8.74. The molecule has 2 saturated carbocycles. The van der Waals surface area contributed by atoms with Gasteiger partial charge in [0, 0.05) is 31.3 Å². The molecule has 0 saturated heterocycles. The summed E-state index contributed by atoms with van der Waals surface area (Å²) in [6.45, 7) is -0.759. The third kappa shape index (κ3) is 6.40. The number of carbonyl (C=O) groups is 3. The fourth-order valence-electron chi connectivity index (χ4n) is 5.42. The lowest BCUT2D eigenvalue weighted by atomic mass is 9.86. The molecular weight excluding hydrogens is 586 g/mol. The van der Waals surface area contributed by atoms with Crippen LogP contribution in [-0.4, -0.2) is 60.9 Å². The fraction of sp³-hybridized carbons (Fsp3) is 0.560. The van der Waals surface area contributed by atoms with Crippen molar-refractivity contribution in [1.82, 2.24) is 19.7 Å². The number of carboxylic acid groups (broad SMARTS) is 1. The number of nitrogens with zero attached hydrogens (tertiary/aromatic N) is 4. The lowest BCUT2D eigenvalue weighted by Crippen LogP contribution is -2.47. The van der Waals surface area contributed by atoms with Crippen molar-refractivity contribution >= 4 is 40.9 Å². The largest absolute Gasteiger partial charge is 0.481 e. The topological polar surface area (TPSA) is 105 Å². The Morgan fingerprint density at radius 1 is 1.00 bits per heavy atom. The van der Waals surface area contributed by atoms with E-state index in [-0.39, 0.29) is 54.1 Å². The Hall–Kier alpha value is -2.80. The monoisotopic (exact) mass is 610 g/mol. The highest BCUT2D eigenvalue weighted by Gasteiger charge is 2.45. The molecule has 1 amide bonds. The number of carboxylic acids is 1. The van der Waals surface area contributed by atoms with E-state index in [4.69, 9.17) is 23.2 Å². The maximum atomic E-state index is 14.4. The van der Waals surface area contributed by atoms with Gasteiger partial charge in [0.25, 0.3) is 5.91 Å². The number of aliphatic carboxylic acids is 1. The third-order valence-corrected chi connectivity index (χ3v) is 8.09. The van der Waals surface area contributed by atoms with Crippen LogP contribution in [0.15, 0.2) is 18.6 Å². The average Bonchev–Trinajstić information content (AvgIpc) is 3.33. The van der Waals surface area contributed by atoms with Gasteiger partial charge in [0.05, 0.1) is 45.9 Å². The zero-order valence-electron chi connectivity index (χ0n) is 20.9. The summed E-state index contributed by atoms with van der Waals surface area (Å²) in [5, 5.41) is 12.8. The maximum Gasteiger partial charge on any atom is 0.433 e. The van der Waals surface area contributed by atoms with Gasteiger partial charge in [-0.3, -0.25) is 24.0 Å². The number of amides is 1. The Balaban J connectivity index is 1.69. The van der Waals surface area contributed by atoms with Crippen LogP contribution in [0, 0.1) is 5.92 Å². The number of aromatic nitrogens is 3. The summed E-state index contributed by atoms with van der Waals surface area (Å²) in [6.07, 6.45) is -3.18. The van der Waals surface area contributed by atoms with E-state index < -0.39 is 78.4 Å². The van der Waals surface area contributed by atoms with E-state index in [2.05, 4.69) is 10.1 Å². The highest BCUT2D eigenvalue weighted by Crippen LogP contribution is 2.40. The van der Waals surface area contributed by atoms with Crippen LogP contribution >= 0.6 is 23.2 Å². The highest BCUT2D eigenvalue weighted by molar-refractivity contribution is 6.39. The molecule has 2 heterocycles. The summed E-state index contributed by atoms with van der Waals surface area (Å²) in [4.78, 5) is 42.8. The van der Waals surface area contributed by atoms with E-state index in [1.807, 2.05) is 0 Å². The van der Waals surface area contributed by atoms with Crippen LogP contribution in [0.4, 0.5) is 22.0 Å². The van der Waals surface area contributed by atoms with Gasteiger partial charge in [-0.05, 0) is 38.5 Å². The molecule has 0 bridgehead atoms. The van der Waals surface area contributed by atoms with Gasteiger partial charge in [-0.25, -0.2) is 8.78 Å².